The SMILES string of the molecule is N#CCN1C=CC(=C2N=NN=N2)C=C1. The third-order valence-electron chi connectivity index (χ3n) is 1.72. The van der Waals surface area contributed by atoms with E-state index in [0.717, 1.165) is 5.57 Å². The van der Waals surface area contributed by atoms with E-state index < -0.39 is 0 Å². The van der Waals surface area contributed by atoms with Crippen LogP contribution in [-0.2, 0) is 0 Å². The molecule has 0 unspecified atom stereocenters. The normalized spacial score (nSPS) is 18.1. The monoisotopic (exact) mass is 186 g/mol. The summed E-state index contributed by atoms with van der Waals surface area (Å²) in [5, 5.41) is 22.7. The Labute approximate surface area is 80.2 Å². The molecule has 14 heavy (non-hydrogen) atoms. The van der Waals surface area contributed by atoms with Crippen LogP contribution in [0.3, 0.4) is 0 Å². The maximum atomic E-state index is 8.46. The molecule has 0 aromatic heterocycles. The average Bonchev–Trinajstić information content (AvgIpc) is 2.72. The van der Waals surface area contributed by atoms with Gasteiger partial charge in [-0.15, -0.1) is 10.2 Å². The van der Waals surface area contributed by atoms with Crippen LogP contribution in [0, 0.1) is 11.3 Å². The molecular weight excluding hydrogens is 180 g/mol. The Balaban J connectivity index is 2.16. The van der Waals surface area contributed by atoms with E-state index in [1.807, 2.05) is 18.2 Å². The largest absolute Gasteiger partial charge is 0.341 e. The van der Waals surface area contributed by atoms with E-state index in [-0.39, 0.29) is 0 Å². The lowest BCUT2D eigenvalue weighted by atomic mass is 10.2. The molecule has 0 fully saturated rings. The van der Waals surface area contributed by atoms with Gasteiger partial charge in [0.25, 0.3) is 0 Å². The first-order valence-electron chi connectivity index (χ1n) is 3.95. The molecule has 2 rings (SSSR count). The summed E-state index contributed by atoms with van der Waals surface area (Å²) in [7, 11) is 0. The standard InChI is InChI=1S/C8H6N6/c9-3-6-14-4-1-7(2-5-14)8-10-12-13-11-8/h1-2,4-5H,6H2. The smallest absolute Gasteiger partial charge is 0.207 e. The topological polar surface area (TPSA) is 76.5 Å². The predicted molar refractivity (Wildman–Crippen MR) is 47.3 cm³/mol. The van der Waals surface area contributed by atoms with Crippen LogP contribution in [0.15, 0.2) is 56.6 Å². The third-order valence-corrected chi connectivity index (χ3v) is 1.72. The van der Waals surface area contributed by atoms with E-state index in [2.05, 4.69) is 20.7 Å². The summed E-state index contributed by atoms with van der Waals surface area (Å²) in [5.41, 5.74) is 0.837. The van der Waals surface area contributed by atoms with Crippen molar-refractivity contribution in [2.24, 2.45) is 20.7 Å². The van der Waals surface area contributed by atoms with Crippen LogP contribution in [0.1, 0.15) is 0 Å². The second-order valence-corrected chi connectivity index (χ2v) is 2.62. The zero-order valence-corrected chi connectivity index (χ0v) is 7.20. The van der Waals surface area contributed by atoms with E-state index in [0.29, 0.717) is 12.4 Å². The fraction of sp³-hybridized carbons (Fsp3) is 0.125. The van der Waals surface area contributed by atoms with Crippen molar-refractivity contribution in [1.29, 1.82) is 5.26 Å². The quantitative estimate of drug-likeness (QED) is 0.586. The van der Waals surface area contributed by atoms with Crippen molar-refractivity contribution in [2.45, 2.75) is 0 Å². The van der Waals surface area contributed by atoms with Gasteiger partial charge < -0.3 is 4.90 Å². The number of nitriles is 1. The maximum absolute atomic E-state index is 8.46. The van der Waals surface area contributed by atoms with Gasteiger partial charge in [0.2, 0.25) is 5.82 Å². The summed E-state index contributed by atoms with van der Waals surface area (Å²) in [6.45, 7) is 0.332. The third kappa shape index (κ3) is 1.56. The lowest BCUT2D eigenvalue weighted by Crippen LogP contribution is -2.11. The lowest BCUT2D eigenvalue weighted by molar-refractivity contribution is 0.566. The Morgan fingerprint density at radius 1 is 1.21 bits per heavy atom. The highest BCUT2D eigenvalue weighted by Gasteiger charge is 2.07. The second-order valence-electron chi connectivity index (χ2n) is 2.62. The number of allylic oxidation sites excluding steroid dienone is 3. The predicted octanol–water partition coefficient (Wildman–Crippen LogP) is 1.90. The van der Waals surface area contributed by atoms with Crippen molar-refractivity contribution in [1.82, 2.24) is 4.90 Å². The minimum absolute atomic E-state index is 0.332. The Morgan fingerprint density at radius 3 is 2.43 bits per heavy atom. The maximum Gasteiger partial charge on any atom is 0.207 e. The number of hydrogen-bond acceptors (Lipinski definition) is 6. The van der Waals surface area contributed by atoms with Crippen LogP contribution < -0.4 is 0 Å². The van der Waals surface area contributed by atoms with Crippen molar-refractivity contribution in [2.75, 3.05) is 6.54 Å². The molecule has 0 amide bonds. The van der Waals surface area contributed by atoms with Crippen LogP contribution in [0.4, 0.5) is 0 Å². The molecule has 0 radical (unpaired) electrons. The average molecular weight is 186 g/mol. The van der Waals surface area contributed by atoms with Gasteiger partial charge >= 0.3 is 0 Å². The molecule has 68 valence electrons. The molecule has 0 saturated heterocycles. The summed E-state index contributed by atoms with van der Waals surface area (Å²) >= 11 is 0. The lowest BCUT2D eigenvalue weighted by Gasteiger charge is -2.14. The summed E-state index contributed by atoms with van der Waals surface area (Å²) in [6.07, 6.45) is 7.20. The molecule has 6 nitrogen and oxygen atoms in total. The van der Waals surface area contributed by atoms with Crippen molar-refractivity contribution in [3.8, 4) is 6.07 Å². The van der Waals surface area contributed by atoms with Crippen molar-refractivity contribution < 1.29 is 0 Å². The van der Waals surface area contributed by atoms with Gasteiger partial charge in [-0.05, 0) is 22.6 Å². The Hall–Kier alpha value is -2.29. The molecule has 0 aromatic carbocycles. The first kappa shape index (κ1) is 8.31. The van der Waals surface area contributed by atoms with Gasteiger partial charge in [-0.25, -0.2) is 0 Å². The van der Waals surface area contributed by atoms with E-state index in [9.17, 15) is 0 Å². The minimum Gasteiger partial charge on any atom is -0.341 e. The van der Waals surface area contributed by atoms with Crippen LogP contribution in [-0.4, -0.2) is 11.4 Å². The van der Waals surface area contributed by atoms with Crippen molar-refractivity contribution >= 4 is 0 Å². The molecule has 6 heteroatoms. The van der Waals surface area contributed by atoms with Gasteiger partial charge in [-0.1, -0.05) is 0 Å². The molecule has 0 spiro atoms. The molecule has 2 aliphatic heterocycles. The van der Waals surface area contributed by atoms with Crippen molar-refractivity contribution in [3.63, 3.8) is 0 Å². The highest BCUT2D eigenvalue weighted by atomic mass is 15.5. The fourth-order valence-corrected chi connectivity index (χ4v) is 1.05. The summed E-state index contributed by atoms with van der Waals surface area (Å²) in [4.78, 5) is 1.76. The molecule has 0 atom stereocenters. The molecule has 0 aliphatic carbocycles. The van der Waals surface area contributed by atoms with E-state index >= 15 is 0 Å². The zero-order valence-electron chi connectivity index (χ0n) is 7.20. The summed E-state index contributed by atoms with van der Waals surface area (Å²) < 4.78 is 0. The van der Waals surface area contributed by atoms with Gasteiger partial charge in [0.15, 0.2) is 0 Å². The molecule has 0 bridgehead atoms. The van der Waals surface area contributed by atoms with Gasteiger partial charge in [-0.2, -0.15) is 5.26 Å². The van der Waals surface area contributed by atoms with Crippen molar-refractivity contribution in [3.05, 3.63) is 35.9 Å². The van der Waals surface area contributed by atoms with Crippen LogP contribution in [0.2, 0.25) is 0 Å². The Bertz CT molecular complexity index is 390. The molecule has 0 saturated carbocycles. The van der Waals surface area contributed by atoms with Gasteiger partial charge in [-0.3, -0.25) is 0 Å². The molecular formula is C8H6N6. The van der Waals surface area contributed by atoms with Gasteiger partial charge in [0.05, 0.1) is 6.07 Å². The van der Waals surface area contributed by atoms with Crippen LogP contribution >= 0.6 is 0 Å². The number of nitrogens with zero attached hydrogens (tertiary/aromatic N) is 6. The summed E-state index contributed by atoms with van der Waals surface area (Å²) in [5.74, 6) is 0.495. The molecule has 0 aromatic rings. The van der Waals surface area contributed by atoms with Crippen LogP contribution in [0.25, 0.3) is 0 Å². The minimum atomic E-state index is 0.332. The van der Waals surface area contributed by atoms with E-state index in [1.165, 1.54) is 0 Å². The summed E-state index contributed by atoms with van der Waals surface area (Å²) in [6, 6.07) is 2.05. The fourth-order valence-electron chi connectivity index (χ4n) is 1.05. The Kier molecular flexibility index (Phi) is 2.15. The first-order valence-corrected chi connectivity index (χ1v) is 3.95. The van der Waals surface area contributed by atoms with E-state index in [4.69, 9.17) is 5.26 Å². The molecule has 2 aliphatic rings. The first-order chi connectivity index (χ1) is 6.90. The van der Waals surface area contributed by atoms with Gasteiger partial charge in [0, 0.05) is 18.0 Å². The molecule has 2 heterocycles. The Morgan fingerprint density at radius 2 is 1.86 bits per heavy atom. The van der Waals surface area contributed by atoms with E-state index in [1.54, 1.807) is 17.3 Å². The zero-order chi connectivity index (χ0) is 9.80. The highest BCUT2D eigenvalue weighted by molar-refractivity contribution is 5.37. The van der Waals surface area contributed by atoms with Gasteiger partial charge in [0.1, 0.15) is 6.54 Å². The highest BCUT2D eigenvalue weighted by Crippen LogP contribution is 2.19. The molecule has 0 N–H and O–H groups in total. The number of rotatable bonds is 1. The number of hydrogen-bond donors (Lipinski definition) is 0. The van der Waals surface area contributed by atoms with Crippen LogP contribution in [0.5, 0.6) is 0 Å². The second kappa shape index (κ2) is 3.62.